The fraction of sp³-hybridized carbons (Fsp3) is 0.455. The molecule has 1 fully saturated rings. The van der Waals surface area contributed by atoms with Crippen LogP contribution in [0, 0.1) is 0 Å². The van der Waals surface area contributed by atoms with Crippen LogP contribution in [0.5, 0.6) is 0 Å². The minimum atomic E-state index is 0. The summed E-state index contributed by atoms with van der Waals surface area (Å²) in [6.45, 7) is 8.47. The predicted molar refractivity (Wildman–Crippen MR) is 132 cm³/mol. The van der Waals surface area contributed by atoms with Crippen LogP contribution >= 0.6 is 24.0 Å². The maximum atomic E-state index is 11.7. The van der Waals surface area contributed by atoms with Crippen molar-refractivity contribution in [1.29, 1.82) is 0 Å². The molecule has 0 spiro atoms. The molecule has 29 heavy (non-hydrogen) atoms. The van der Waals surface area contributed by atoms with Crippen molar-refractivity contribution in [2.45, 2.75) is 26.3 Å². The van der Waals surface area contributed by atoms with Crippen LogP contribution in [0.1, 0.15) is 19.8 Å². The summed E-state index contributed by atoms with van der Waals surface area (Å²) in [4.78, 5) is 21.3. The first-order valence-corrected chi connectivity index (χ1v) is 10.3. The van der Waals surface area contributed by atoms with Gasteiger partial charge in [0.05, 0.1) is 0 Å². The zero-order valence-electron chi connectivity index (χ0n) is 17.2. The van der Waals surface area contributed by atoms with Gasteiger partial charge < -0.3 is 19.7 Å². The van der Waals surface area contributed by atoms with Crippen LogP contribution in [-0.4, -0.2) is 54.7 Å². The van der Waals surface area contributed by atoms with Crippen molar-refractivity contribution in [3.8, 4) is 0 Å². The Labute approximate surface area is 190 Å². The molecule has 1 saturated heterocycles. The molecule has 1 aliphatic heterocycles. The third-order valence-corrected chi connectivity index (χ3v) is 5.00. The maximum Gasteiger partial charge on any atom is 0.250 e. The van der Waals surface area contributed by atoms with Crippen LogP contribution in [0.3, 0.4) is 0 Å². The van der Waals surface area contributed by atoms with E-state index in [4.69, 9.17) is 4.99 Å². The lowest BCUT2D eigenvalue weighted by molar-refractivity contribution is 0.372. The van der Waals surface area contributed by atoms with Gasteiger partial charge in [0.1, 0.15) is 0 Å². The molecule has 0 bridgehead atoms. The van der Waals surface area contributed by atoms with Gasteiger partial charge in [-0.3, -0.25) is 9.79 Å². The van der Waals surface area contributed by atoms with E-state index in [1.807, 2.05) is 12.3 Å². The van der Waals surface area contributed by atoms with Crippen molar-refractivity contribution in [3.05, 3.63) is 65.1 Å². The van der Waals surface area contributed by atoms with Gasteiger partial charge in [0.15, 0.2) is 5.96 Å². The molecule has 1 aromatic heterocycles. The summed E-state index contributed by atoms with van der Waals surface area (Å²) in [5, 5.41) is 3.43. The van der Waals surface area contributed by atoms with Gasteiger partial charge >= 0.3 is 0 Å². The Morgan fingerprint density at radius 1 is 1.00 bits per heavy atom. The van der Waals surface area contributed by atoms with Crippen molar-refractivity contribution in [2.24, 2.45) is 4.99 Å². The van der Waals surface area contributed by atoms with Crippen LogP contribution in [-0.2, 0) is 6.54 Å². The highest BCUT2D eigenvalue weighted by atomic mass is 127. The lowest BCUT2D eigenvalue weighted by Crippen LogP contribution is -2.52. The fourth-order valence-electron chi connectivity index (χ4n) is 3.47. The molecule has 2 aromatic rings. The summed E-state index contributed by atoms with van der Waals surface area (Å²) in [6, 6.07) is 15.9. The first kappa shape index (κ1) is 23.3. The predicted octanol–water partition coefficient (Wildman–Crippen LogP) is 3.03. The van der Waals surface area contributed by atoms with E-state index in [1.165, 1.54) is 5.69 Å². The molecule has 2 heterocycles. The monoisotopic (exact) mass is 509 g/mol. The summed E-state index contributed by atoms with van der Waals surface area (Å²) in [6.07, 6.45) is 3.77. The van der Waals surface area contributed by atoms with E-state index in [1.54, 1.807) is 16.7 Å². The minimum Gasteiger partial charge on any atom is -0.368 e. The lowest BCUT2D eigenvalue weighted by Gasteiger charge is -2.37. The topological polar surface area (TPSA) is 52.9 Å². The first-order chi connectivity index (χ1) is 13.8. The average Bonchev–Trinajstić information content (AvgIpc) is 2.75. The standard InChI is InChI=1S/C22H31N5O.HI/c1-2-23-22(24-13-7-9-15-26-14-8-6-12-21(26)28)27-18-16-25(17-19-27)20-10-4-3-5-11-20;/h3-6,8,10-12,14H,2,7,9,13,15-19H2,1H3,(H,23,24);1H. The summed E-state index contributed by atoms with van der Waals surface area (Å²) in [5.41, 5.74) is 1.36. The smallest absolute Gasteiger partial charge is 0.250 e. The third-order valence-electron chi connectivity index (χ3n) is 5.00. The molecule has 3 rings (SSSR count). The van der Waals surface area contributed by atoms with Gasteiger partial charge in [-0.2, -0.15) is 0 Å². The number of nitrogens with zero attached hydrogens (tertiary/aromatic N) is 4. The van der Waals surface area contributed by atoms with Gasteiger partial charge in [0, 0.05) is 63.8 Å². The highest BCUT2D eigenvalue weighted by molar-refractivity contribution is 14.0. The van der Waals surface area contributed by atoms with E-state index in [-0.39, 0.29) is 29.5 Å². The maximum absolute atomic E-state index is 11.7. The van der Waals surface area contributed by atoms with Gasteiger partial charge in [-0.05, 0) is 38.0 Å². The molecule has 1 aliphatic rings. The number of aryl methyl sites for hydroxylation is 1. The number of aromatic nitrogens is 1. The largest absolute Gasteiger partial charge is 0.368 e. The SMILES string of the molecule is CCNC(=NCCCCn1ccccc1=O)N1CCN(c2ccccc2)CC1.I. The number of aliphatic imine (C=N–C) groups is 1. The summed E-state index contributed by atoms with van der Waals surface area (Å²) in [7, 11) is 0. The number of nitrogens with one attached hydrogen (secondary N) is 1. The summed E-state index contributed by atoms with van der Waals surface area (Å²) >= 11 is 0. The Bertz CT molecular complexity index is 800. The van der Waals surface area contributed by atoms with Gasteiger partial charge in [-0.1, -0.05) is 24.3 Å². The number of hydrogen-bond acceptors (Lipinski definition) is 3. The Balaban J connectivity index is 0.00000300. The number of guanidine groups is 1. The van der Waals surface area contributed by atoms with E-state index in [0.29, 0.717) is 0 Å². The second-order valence-electron chi connectivity index (χ2n) is 6.98. The second-order valence-corrected chi connectivity index (χ2v) is 6.98. The van der Waals surface area contributed by atoms with Gasteiger partial charge in [0.25, 0.3) is 0 Å². The Morgan fingerprint density at radius 2 is 1.72 bits per heavy atom. The van der Waals surface area contributed by atoms with Crippen LogP contribution in [0.15, 0.2) is 64.5 Å². The quantitative estimate of drug-likeness (QED) is 0.270. The number of pyridine rings is 1. The van der Waals surface area contributed by atoms with Crippen LogP contribution in [0.2, 0.25) is 0 Å². The van der Waals surface area contributed by atoms with Gasteiger partial charge in [0.2, 0.25) is 5.56 Å². The molecule has 0 aliphatic carbocycles. The van der Waals surface area contributed by atoms with Crippen LogP contribution < -0.4 is 15.8 Å². The molecule has 158 valence electrons. The molecule has 0 saturated carbocycles. The molecule has 0 amide bonds. The number of hydrogen-bond donors (Lipinski definition) is 1. The normalized spacial score (nSPS) is 14.4. The molecule has 0 atom stereocenters. The molecular formula is C22H32IN5O. The lowest BCUT2D eigenvalue weighted by atomic mass is 10.2. The van der Waals surface area contributed by atoms with E-state index >= 15 is 0 Å². The second kappa shape index (κ2) is 12.5. The summed E-state index contributed by atoms with van der Waals surface area (Å²) < 4.78 is 1.76. The number of unbranched alkanes of at least 4 members (excludes halogenated alkanes) is 1. The van der Waals surface area contributed by atoms with Crippen molar-refractivity contribution < 1.29 is 0 Å². The van der Waals surface area contributed by atoms with Gasteiger partial charge in [-0.25, -0.2) is 0 Å². The molecule has 0 unspecified atom stereocenters. The van der Waals surface area contributed by atoms with Crippen molar-refractivity contribution in [1.82, 2.24) is 14.8 Å². The third kappa shape index (κ3) is 7.06. The Hall–Kier alpha value is -2.03. The number of halogens is 1. The highest BCUT2D eigenvalue weighted by Gasteiger charge is 2.19. The molecular weight excluding hydrogens is 477 g/mol. The van der Waals surface area contributed by atoms with Crippen molar-refractivity contribution >= 4 is 35.6 Å². The molecule has 7 heteroatoms. The van der Waals surface area contributed by atoms with Gasteiger partial charge in [-0.15, -0.1) is 24.0 Å². The molecule has 0 radical (unpaired) electrons. The Morgan fingerprint density at radius 3 is 2.41 bits per heavy atom. The van der Waals surface area contributed by atoms with E-state index in [0.717, 1.165) is 64.6 Å². The number of piperazine rings is 1. The van der Waals surface area contributed by atoms with Crippen LogP contribution in [0.25, 0.3) is 0 Å². The highest BCUT2D eigenvalue weighted by Crippen LogP contribution is 2.15. The van der Waals surface area contributed by atoms with Crippen LogP contribution in [0.4, 0.5) is 5.69 Å². The zero-order chi connectivity index (χ0) is 19.6. The Kier molecular flexibility index (Phi) is 10.0. The molecule has 6 nitrogen and oxygen atoms in total. The zero-order valence-corrected chi connectivity index (χ0v) is 19.5. The van der Waals surface area contributed by atoms with E-state index < -0.39 is 0 Å². The molecule has 1 N–H and O–H groups in total. The number of benzene rings is 1. The van der Waals surface area contributed by atoms with Crippen molar-refractivity contribution in [2.75, 3.05) is 44.2 Å². The number of para-hydroxylation sites is 1. The van der Waals surface area contributed by atoms with Crippen molar-refractivity contribution in [3.63, 3.8) is 0 Å². The average molecular weight is 509 g/mol. The minimum absolute atomic E-state index is 0. The van der Waals surface area contributed by atoms with E-state index in [2.05, 4.69) is 52.4 Å². The first-order valence-electron chi connectivity index (χ1n) is 10.3. The number of rotatable bonds is 7. The fourth-order valence-corrected chi connectivity index (χ4v) is 3.47. The summed E-state index contributed by atoms with van der Waals surface area (Å²) in [5.74, 6) is 1.01. The van der Waals surface area contributed by atoms with E-state index in [9.17, 15) is 4.79 Å². The molecule has 1 aromatic carbocycles. The number of anilines is 1.